The maximum atomic E-state index is 5.33. The molecule has 2 N–H and O–H groups in total. The molecule has 0 aliphatic carbocycles. The fourth-order valence-electron chi connectivity index (χ4n) is 2.36. The third-order valence-corrected chi connectivity index (χ3v) is 3.76. The molecule has 0 aliphatic rings. The molecular weight excluding hydrogens is 316 g/mol. The number of aliphatic imine (C=N–C) groups is 1. The van der Waals surface area contributed by atoms with Gasteiger partial charge >= 0.3 is 0 Å². The normalized spacial score (nSPS) is 11.0. The van der Waals surface area contributed by atoms with Crippen LogP contribution in [0.15, 0.2) is 47.5 Å². The van der Waals surface area contributed by atoms with Crippen LogP contribution in [-0.4, -0.2) is 41.3 Å². The summed E-state index contributed by atoms with van der Waals surface area (Å²) in [5.41, 5.74) is 3.22. The number of nitrogens with zero attached hydrogens (tertiary/aromatic N) is 2. The van der Waals surface area contributed by atoms with Crippen LogP contribution in [0.3, 0.4) is 0 Å². The molecule has 0 heterocycles. The molecule has 0 radical (unpaired) electrons. The van der Waals surface area contributed by atoms with E-state index in [0.29, 0.717) is 24.0 Å². The number of ether oxygens (including phenoxy) is 2. The van der Waals surface area contributed by atoms with Crippen LogP contribution in [0.1, 0.15) is 5.56 Å². The second kappa shape index (κ2) is 8.82. The van der Waals surface area contributed by atoms with Gasteiger partial charge in [-0.25, -0.2) is 0 Å². The maximum Gasteiger partial charge on any atom is 0.195 e. The van der Waals surface area contributed by atoms with Gasteiger partial charge in [-0.2, -0.15) is 0 Å². The second-order valence-corrected chi connectivity index (χ2v) is 5.68. The first-order chi connectivity index (χ1) is 12.1. The molecule has 2 aromatic carbocycles. The minimum Gasteiger partial charge on any atom is -0.493 e. The lowest BCUT2D eigenvalue weighted by molar-refractivity contribution is 0.355. The van der Waals surface area contributed by atoms with Crippen LogP contribution < -0.4 is 25.0 Å². The number of rotatable bonds is 6. The van der Waals surface area contributed by atoms with Crippen molar-refractivity contribution < 1.29 is 9.47 Å². The van der Waals surface area contributed by atoms with Crippen molar-refractivity contribution in [1.29, 1.82) is 0 Å². The molecule has 0 aliphatic heterocycles. The van der Waals surface area contributed by atoms with Gasteiger partial charge in [-0.15, -0.1) is 0 Å². The minimum absolute atomic E-state index is 0.668. The Bertz CT molecular complexity index is 729. The van der Waals surface area contributed by atoms with Crippen LogP contribution in [0.2, 0.25) is 0 Å². The topological polar surface area (TPSA) is 58.1 Å². The summed E-state index contributed by atoms with van der Waals surface area (Å²) < 4.78 is 10.6. The van der Waals surface area contributed by atoms with E-state index in [1.54, 1.807) is 21.3 Å². The molecule has 25 heavy (non-hydrogen) atoms. The van der Waals surface area contributed by atoms with Crippen LogP contribution in [0.25, 0.3) is 0 Å². The van der Waals surface area contributed by atoms with Gasteiger partial charge in [0.2, 0.25) is 0 Å². The van der Waals surface area contributed by atoms with E-state index in [1.165, 1.54) is 11.3 Å². The highest BCUT2D eigenvalue weighted by Gasteiger charge is 2.06. The predicted octanol–water partition coefficient (Wildman–Crippen LogP) is 2.96. The molecule has 6 nitrogen and oxygen atoms in total. The van der Waals surface area contributed by atoms with Crippen molar-refractivity contribution in [3.8, 4) is 11.5 Å². The number of benzene rings is 2. The fraction of sp³-hybridized carbons (Fsp3) is 0.316. The predicted molar refractivity (Wildman–Crippen MR) is 104 cm³/mol. The molecule has 0 spiro atoms. The Morgan fingerprint density at radius 2 is 1.80 bits per heavy atom. The number of guanidine groups is 1. The van der Waals surface area contributed by atoms with E-state index in [-0.39, 0.29) is 0 Å². The van der Waals surface area contributed by atoms with Gasteiger partial charge < -0.3 is 25.0 Å². The van der Waals surface area contributed by atoms with Crippen molar-refractivity contribution >= 4 is 17.3 Å². The SMILES string of the molecule is CN=C(NCc1cccc(N(C)C)c1)Nc1ccc(OC)c(OC)c1. The monoisotopic (exact) mass is 342 g/mol. The molecule has 0 bridgehead atoms. The van der Waals surface area contributed by atoms with E-state index < -0.39 is 0 Å². The Morgan fingerprint density at radius 1 is 1.04 bits per heavy atom. The smallest absolute Gasteiger partial charge is 0.195 e. The van der Waals surface area contributed by atoms with Crippen molar-refractivity contribution in [3.05, 3.63) is 48.0 Å². The molecule has 0 fully saturated rings. The van der Waals surface area contributed by atoms with Gasteiger partial charge in [0.1, 0.15) is 0 Å². The molecule has 0 aromatic heterocycles. The first-order valence-electron chi connectivity index (χ1n) is 8.03. The standard InChI is InChI=1S/C19H26N4O2/c1-20-19(21-13-14-7-6-8-16(11-14)23(2)3)22-15-9-10-17(24-4)18(12-15)25-5/h6-12H,13H2,1-5H3,(H2,20,21,22). The van der Waals surface area contributed by atoms with E-state index in [4.69, 9.17) is 9.47 Å². The molecule has 2 aromatic rings. The van der Waals surface area contributed by atoms with E-state index in [2.05, 4.69) is 44.8 Å². The van der Waals surface area contributed by atoms with Crippen LogP contribution in [0, 0.1) is 0 Å². The van der Waals surface area contributed by atoms with Crippen molar-refractivity contribution in [3.63, 3.8) is 0 Å². The van der Waals surface area contributed by atoms with E-state index in [1.807, 2.05) is 32.3 Å². The number of nitrogens with one attached hydrogen (secondary N) is 2. The zero-order valence-electron chi connectivity index (χ0n) is 15.5. The molecule has 2 rings (SSSR count). The Balaban J connectivity index is 2.03. The average Bonchev–Trinajstić information content (AvgIpc) is 2.65. The van der Waals surface area contributed by atoms with Crippen molar-refractivity contribution in [2.75, 3.05) is 45.6 Å². The Kier molecular flexibility index (Phi) is 6.51. The molecule has 0 amide bonds. The highest BCUT2D eigenvalue weighted by molar-refractivity contribution is 5.93. The zero-order chi connectivity index (χ0) is 18.2. The summed E-state index contributed by atoms with van der Waals surface area (Å²) in [5.74, 6) is 2.04. The maximum absolute atomic E-state index is 5.33. The lowest BCUT2D eigenvalue weighted by Gasteiger charge is -2.16. The number of hydrogen-bond acceptors (Lipinski definition) is 4. The van der Waals surface area contributed by atoms with Crippen LogP contribution in [0.5, 0.6) is 11.5 Å². The van der Waals surface area contributed by atoms with Crippen molar-refractivity contribution in [2.45, 2.75) is 6.54 Å². The number of methoxy groups -OCH3 is 2. The lowest BCUT2D eigenvalue weighted by Crippen LogP contribution is -2.30. The molecule has 0 saturated heterocycles. The second-order valence-electron chi connectivity index (χ2n) is 5.68. The van der Waals surface area contributed by atoms with Crippen molar-refractivity contribution in [1.82, 2.24) is 5.32 Å². The third-order valence-electron chi connectivity index (χ3n) is 3.76. The molecule has 0 saturated carbocycles. The summed E-state index contributed by atoms with van der Waals surface area (Å²) in [6, 6.07) is 14.0. The third kappa shape index (κ3) is 5.04. The Morgan fingerprint density at radius 3 is 2.44 bits per heavy atom. The highest BCUT2D eigenvalue weighted by atomic mass is 16.5. The minimum atomic E-state index is 0.668. The number of hydrogen-bond donors (Lipinski definition) is 2. The summed E-state index contributed by atoms with van der Waals surface area (Å²) in [4.78, 5) is 6.35. The van der Waals surface area contributed by atoms with Gasteiger partial charge in [-0.05, 0) is 29.8 Å². The lowest BCUT2D eigenvalue weighted by atomic mass is 10.2. The van der Waals surface area contributed by atoms with Gasteiger partial charge in [0, 0.05) is 45.1 Å². The molecular formula is C19H26N4O2. The zero-order valence-corrected chi connectivity index (χ0v) is 15.5. The first-order valence-corrected chi connectivity index (χ1v) is 8.03. The summed E-state index contributed by atoms with van der Waals surface area (Å²) in [7, 11) is 9.04. The average molecular weight is 342 g/mol. The highest BCUT2D eigenvalue weighted by Crippen LogP contribution is 2.29. The largest absolute Gasteiger partial charge is 0.493 e. The van der Waals surface area contributed by atoms with Gasteiger partial charge in [0.15, 0.2) is 17.5 Å². The Hall–Kier alpha value is -2.89. The van der Waals surface area contributed by atoms with E-state index in [0.717, 1.165) is 5.69 Å². The van der Waals surface area contributed by atoms with Crippen molar-refractivity contribution in [2.24, 2.45) is 4.99 Å². The van der Waals surface area contributed by atoms with E-state index >= 15 is 0 Å². The van der Waals surface area contributed by atoms with Gasteiger partial charge in [-0.1, -0.05) is 12.1 Å². The molecule has 134 valence electrons. The summed E-state index contributed by atoms with van der Waals surface area (Å²) in [5, 5.41) is 6.57. The summed E-state index contributed by atoms with van der Waals surface area (Å²) in [6.45, 7) is 0.675. The fourth-order valence-corrected chi connectivity index (χ4v) is 2.36. The molecule has 0 atom stereocenters. The molecule has 6 heteroatoms. The van der Waals surface area contributed by atoms with Crippen LogP contribution in [-0.2, 0) is 6.54 Å². The van der Waals surface area contributed by atoms with Crippen LogP contribution >= 0.6 is 0 Å². The number of anilines is 2. The summed E-state index contributed by atoms with van der Waals surface area (Å²) >= 11 is 0. The van der Waals surface area contributed by atoms with Gasteiger partial charge in [0.05, 0.1) is 14.2 Å². The Labute approximate surface area is 149 Å². The molecule has 0 unspecified atom stereocenters. The summed E-state index contributed by atoms with van der Waals surface area (Å²) in [6.07, 6.45) is 0. The first kappa shape index (κ1) is 18.4. The van der Waals surface area contributed by atoms with E-state index in [9.17, 15) is 0 Å². The van der Waals surface area contributed by atoms with Gasteiger partial charge in [-0.3, -0.25) is 4.99 Å². The quantitative estimate of drug-likeness (QED) is 0.624. The van der Waals surface area contributed by atoms with Gasteiger partial charge in [0.25, 0.3) is 0 Å². The van der Waals surface area contributed by atoms with Crippen LogP contribution in [0.4, 0.5) is 11.4 Å².